The maximum Gasteiger partial charge on any atom is 0.294 e. The van der Waals surface area contributed by atoms with Crippen LogP contribution in [0, 0.1) is 0 Å². The topological polar surface area (TPSA) is 192 Å². The summed E-state index contributed by atoms with van der Waals surface area (Å²) in [6.45, 7) is 2.00. The molecule has 0 unspecified atom stereocenters. The SMILES string of the molecule is CCCCNS(=O)(=O)c1cc(/N=N/c2ccc(S(=O)(=O)O)cc2Cl)c2c(NS(C)(=O)=O)cccc2c1O. The smallest absolute Gasteiger partial charge is 0.294 e. The van der Waals surface area contributed by atoms with Gasteiger partial charge in [-0.05, 0) is 36.8 Å². The van der Waals surface area contributed by atoms with E-state index in [9.17, 15) is 34.9 Å². The predicted molar refractivity (Wildman–Crippen MR) is 140 cm³/mol. The molecule has 200 valence electrons. The zero-order chi connectivity index (χ0) is 27.6. The van der Waals surface area contributed by atoms with E-state index in [4.69, 9.17) is 11.6 Å². The van der Waals surface area contributed by atoms with E-state index in [0.29, 0.717) is 6.42 Å². The van der Waals surface area contributed by atoms with Gasteiger partial charge in [-0.3, -0.25) is 9.27 Å². The molecule has 0 spiro atoms. The van der Waals surface area contributed by atoms with Crippen LogP contribution >= 0.6 is 11.6 Å². The number of phenolic OH excluding ortho intramolecular Hbond substituents is 1. The molecule has 37 heavy (non-hydrogen) atoms. The number of nitrogens with one attached hydrogen (secondary N) is 2. The number of aromatic hydroxyl groups is 1. The first kappa shape index (κ1) is 28.7. The zero-order valence-electron chi connectivity index (χ0n) is 19.5. The molecule has 3 aromatic carbocycles. The second-order valence-electron chi connectivity index (χ2n) is 7.88. The molecule has 4 N–H and O–H groups in total. The van der Waals surface area contributed by atoms with E-state index in [1.165, 1.54) is 18.2 Å². The summed E-state index contributed by atoms with van der Waals surface area (Å²) in [4.78, 5) is -0.980. The molecule has 0 saturated heterocycles. The Morgan fingerprint density at radius 1 is 0.973 bits per heavy atom. The number of unbranched alkanes of at least 4 members (excludes halogenated alkanes) is 1. The number of phenols is 1. The van der Waals surface area contributed by atoms with Gasteiger partial charge in [-0.15, -0.1) is 10.2 Å². The molecule has 0 aliphatic heterocycles. The fraction of sp³-hybridized carbons (Fsp3) is 0.238. The van der Waals surface area contributed by atoms with E-state index in [-0.39, 0.29) is 39.4 Å². The third-order valence-electron chi connectivity index (χ3n) is 4.97. The number of benzene rings is 3. The van der Waals surface area contributed by atoms with E-state index in [1.807, 2.05) is 6.92 Å². The van der Waals surface area contributed by atoms with Crippen LogP contribution in [-0.2, 0) is 30.2 Å². The summed E-state index contributed by atoms with van der Waals surface area (Å²) < 4.78 is 86.3. The van der Waals surface area contributed by atoms with Crippen molar-refractivity contribution in [3.8, 4) is 5.75 Å². The van der Waals surface area contributed by atoms with Crippen molar-refractivity contribution in [3.63, 3.8) is 0 Å². The Morgan fingerprint density at radius 3 is 2.24 bits per heavy atom. The monoisotopic (exact) mass is 590 g/mol. The number of nitrogens with zero attached hydrogens (tertiary/aromatic N) is 2. The van der Waals surface area contributed by atoms with Crippen molar-refractivity contribution in [2.45, 2.75) is 29.6 Å². The third kappa shape index (κ3) is 6.94. The Morgan fingerprint density at radius 2 is 1.65 bits per heavy atom. The van der Waals surface area contributed by atoms with Crippen molar-refractivity contribution in [1.29, 1.82) is 0 Å². The van der Waals surface area contributed by atoms with Gasteiger partial charge in [0.2, 0.25) is 20.0 Å². The van der Waals surface area contributed by atoms with Gasteiger partial charge in [-0.1, -0.05) is 37.1 Å². The van der Waals surface area contributed by atoms with Gasteiger partial charge in [-0.25, -0.2) is 21.6 Å². The molecule has 0 aliphatic carbocycles. The summed E-state index contributed by atoms with van der Waals surface area (Å²) in [6.07, 6.45) is 2.20. The normalized spacial score (nSPS) is 12.9. The molecule has 0 heterocycles. The third-order valence-corrected chi connectivity index (χ3v) is 8.18. The lowest BCUT2D eigenvalue weighted by molar-refractivity contribution is 0.464. The van der Waals surface area contributed by atoms with Crippen molar-refractivity contribution in [2.75, 3.05) is 17.5 Å². The van der Waals surface area contributed by atoms with E-state index in [1.54, 1.807) is 0 Å². The molecule has 0 aromatic heterocycles. The lowest BCUT2D eigenvalue weighted by atomic mass is 10.1. The molecule has 16 heteroatoms. The second-order valence-corrected chi connectivity index (χ2v) is 13.2. The molecule has 0 saturated carbocycles. The quantitative estimate of drug-likeness (QED) is 0.152. The Kier molecular flexibility index (Phi) is 8.46. The number of azo groups is 1. The van der Waals surface area contributed by atoms with Crippen LogP contribution < -0.4 is 9.44 Å². The number of anilines is 1. The number of rotatable bonds is 10. The van der Waals surface area contributed by atoms with Crippen molar-refractivity contribution in [1.82, 2.24) is 4.72 Å². The minimum absolute atomic E-state index is 0.0000381. The van der Waals surface area contributed by atoms with E-state index in [2.05, 4.69) is 19.7 Å². The van der Waals surface area contributed by atoms with E-state index < -0.39 is 45.7 Å². The van der Waals surface area contributed by atoms with Crippen LogP contribution in [-0.4, -0.2) is 47.7 Å². The van der Waals surface area contributed by atoms with Crippen LogP contribution in [0.15, 0.2) is 62.5 Å². The van der Waals surface area contributed by atoms with Gasteiger partial charge in [0, 0.05) is 17.3 Å². The minimum Gasteiger partial charge on any atom is -0.506 e. The van der Waals surface area contributed by atoms with Gasteiger partial charge in [0.05, 0.1) is 27.5 Å². The molecular weight excluding hydrogens is 568 g/mol. The van der Waals surface area contributed by atoms with Gasteiger partial charge in [0.15, 0.2) is 0 Å². The van der Waals surface area contributed by atoms with Crippen molar-refractivity contribution in [3.05, 3.63) is 47.5 Å². The minimum atomic E-state index is -4.52. The van der Waals surface area contributed by atoms with E-state index >= 15 is 0 Å². The van der Waals surface area contributed by atoms with Gasteiger partial charge in [0.25, 0.3) is 10.1 Å². The summed E-state index contributed by atoms with van der Waals surface area (Å²) in [5.74, 6) is -0.620. The maximum absolute atomic E-state index is 12.9. The predicted octanol–water partition coefficient (Wildman–Crippen LogP) is 4.31. The van der Waals surface area contributed by atoms with Crippen molar-refractivity contribution in [2.24, 2.45) is 10.2 Å². The Hall–Kier alpha value is -2.82. The van der Waals surface area contributed by atoms with Crippen LogP contribution in [0.25, 0.3) is 10.8 Å². The Balaban J connectivity index is 2.26. The summed E-state index contributed by atoms with van der Waals surface area (Å²) in [5.41, 5.74) is -0.167. The highest BCUT2D eigenvalue weighted by molar-refractivity contribution is 7.92. The number of hydrogen-bond donors (Lipinski definition) is 4. The van der Waals surface area contributed by atoms with Gasteiger partial charge >= 0.3 is 0 Å². The molecule has 0 aliphatic rings. The fourth-order valence-electron chi connectivity index (χ4n) is 3.29. The molecule has 0 atom stereocenters. The summed E-state index contributed by atoms with van der Waals surface area (Å²) >= 11 is 6.07. The standard InChI is InChI=1S/C21H23ClN4O8S3/c1-3-4-10-23-36(30,31)19-12-18(25-24-16-9-8-13(11-15(16)22)37(32,33)34)20-14(21(19)27)6-5-7-17(20)26-35(2,28)29/h5-9,11-12,23,26-27H,3-4,10H2,1-2H3,(H,32,33,34)/b25-24+. The molecule has 0 fully saturated rings. The number of fused-ring (bicyclic) bond motifs is 1. The van der Waals surface area contributed by atoms with Crippen molar-refractivity contribution < 1.29 is 34.9 Å². The first-order chi connectivity index (χ1) is 17.1. The zero-order valence-corrected chi connectivity index (χ0v) is 22.7. The van der Waals surface area contributed by atoms with Crippen LogP contribution in [0.2, 0.25) is 5.02 Å². The van der Waals surface area contributed by atoms with Crippen molar-refractivity contribution >= 4 is 69.6 Å². The lowest BCUT2D eigenvalue weighted by Gasteiger charge is -2.15. The number of halogens is 1. The first-order valence-corrected chi connectivity index (χ1v) is 15.8. The number of sulfonamides is 2. The molecule has 0 amide bonds. The summed E-state index contributed by atoms with van der Waals surface area (Å²) in [7, 11) is -12.5. The average molecular weight is 591 g/mol. The highest BCUT2D eigenvalue weighted by Crippen LogP contribution is 2.43. The molecule has 3 aromatic rings. The highest BCUT2D eigenvalue weighted by atomic mass is 35.5. The second kappa shape index (κ2) is 10.9. The number of hydrogen-bond acceptors (Lipinski definition) is 9. The molecular formula is C21H23ClN4O8S3. The van der Waals surface area contributed by atoms with Crippen LogP contribution in [0.3, 0.4) is 0 Å². The maximum atomic E-state index is 12.9. The Bertz CT molecular complexity index is 1710. The van der Waals surface area contributed by atoms with Crippen LogP contribution in [0.1, 0.15) is 19.8 Å². The largest absolute Gasteiger partial charge is 0.506 e. The summed E-state index contributed by atoms with van der Waals surface area (Å²) in [5, 5.41) is 18.7. The van der Waals surface area contributed by atoms with Crippen LogP contribution in [0.5, 0.6) is 5.75 Å². The highest BCUT2D eigenvalue weighted by Gasteiger charge is 2.24. The van der Waals surface area contributed by atoms with Gasteiger partial charge in [0.1, 0.15) is 16.3 Å². The molecule has 12 nitrogen and oxygen atoms in total. The van der Waals surface area contributed by atoms with E-state index in [0.717, 1.165) is 36.9 Å². The van der Waals surface area contributed by atoms with Gasteiger partial charge < -0.3 is 5.11 Å². The lowest BCUT2D eigenvalue weighted by Crippen LogP contribution is -2.24. The molecule has 3 rings (SSSR count). The summed E-state index contributed by atoms with van der Waals surface area (Å²) in [6, 6.07) is 8.38. The van der Waals surface area contributed by atoms with Crippen LogP contribution in [0.4, 0.5) is 17.1 Å². The Labute approximate surface area is 219 Å². The fourth-order valence-corrected chi connectivity index (χ4v) is 5.85. The average Bonchev–Trinajstić information content (AvgIpc) is 2.78. The molecule has 0 bridgehead atoms. The van der Waals surface area contributed by atoms with Gasteiger partial charge in [-0.2, -0.15) is 8.42 Å². The first-order valence-electron chi connectivity index (χ1n) is 10.6. The molecule has 0 radical (unpaired) electrons.